The first-order chi connectivity index (χ1) is 7.27. The van der Waals surface area contributed by atoms with Gasteiger partial charge in [0.15, 0.2) is 0 Å². The third kappa shape index (κ3) is 3.80. The van der Waals surface area contributed by atoms with Crippen LogP contribution in [0.25, 0.3) is 0 Å². The molecule has 0 atom stereocenters. The molecule has 1 aromatic carbocycles. The van der Waals surface area contributed by atoms with Gasteiger partial charge in [0.25, 0.3) is 0 Å². The van der Waals surface area contributed by atoms with Gasteiger partial charge in [0.1, 0.15) is 5.75 Å². The molecule has 3 nitrogen and oxygen atoms in total. The number of rotatable bonds is 6. The lowest BCUT2D eigenvalue weighted by atomic mass is 10.2. The molecule has 0 saturated carbocycles. The smallest absolute Gasteiger partial charge is 0.142 e. The summed E-state index contributed by atoms with van der Waals surface area (Å²) in [6.45, 7) is 6.34. The molecule has 1 rings (SSSR count). The highest BCUT2D eigenvalue weighted by Crippen LogP contribution is 2.25. The molecule has 84 valence electrons. The van der Waals surface area contributed by atoms with Crippen molar-refractivity contribution in [1.82, 2.24) is 0 Å². The fraction of sp³-hybridized carbons (Fsp3) is 0.500. The summed E-state index contributed by atoms with van der Waals surface area (Å²) in [6, 6.07) is 6.18. The molecule has 0 aliphatic heterocycles. The van der Waals surface area contributed by atoms with E-state index in [9.17, 15) is 0 Å². The molecule has 0 fully saturated rings. The molecule has 3 heteroatoms. The minimum Gasteiger partial charge on any atom is -0.492 e. The van der Waals surface area contributed by atoms with Crippen LogP contribution < -0.4 is 15.8 Å². The summed E-state index contributed by atoms with van der Waals surface area (Å²) in [6.07, 6.45) is 0.972. The quantitative estimate of drug-likeness (QED) is 0.704. The third-order valence-corrected chi connectivity index (χ3v) is 2.13. The van der Waals surface area contributed by atoms with Gasteiger partial charge in [-0.05, 0) is 44.5 Å². The van der Waals surface area contributed by atoms with Crippen LogP contribution in [0.3, 0.4) is 0 Å². The van der Waals surface area contributed by atoms with Gasteiger partial charge in [0.05, 0.1) is 12.3 Å². The Kier molecular flexibility index (Phi) is 4.98. The first kappa shape index (κ1) is 11.9. The average Bonchev–Trinajstić information content (AvgIpc) is 2.22. The summed E-state index contributed by atoms with van der Waals surface area (Å²) in [5, 5.41) is 3.32. The van der Waals surface area contributed by atoms with Crippen LogP contribution in [0.5, 0.6) is 5.75 Å². The van der Waals surface area contributed by atoms with Crippen LogP contribution in [0, 0.1) is 6.92 Å². The maximum atomic E-state index is 5.55. The Morgan fingerprint density at radius 2 is 2.20 bits per heavy atom. The van der Waals surface area contributed by atoms with Crippen LogP contribution in [-0.2, 0) is 0 Å². The molecule has 0 unspecified atom stereocenters. The number of aryl methyl sites for hydroxylation is 1. The van der Waals surface area contributed by atoms with E-state index in [1.165, 1.54) is 5.56 Å². The normalized spacial score (nSPS) is 10.1. The Morgan fingerprint density at radius 1 is 1.40 bits per heavy atom. The Bertz CT molecular complexity index is 300. The van der Waals surface area contributed by atoms with Gasteiger partial charge < -0.3 is 15.8 Å². The van der Waals surface area contributed by atoms with E-state index < -0.39 is 0 Å². The van der Waals surface area contributed by atoms with Crippen LogP contribution in [0.15, 0.2) is 18.2 Å². The molecule has 0 aliphatic rings. The lowest BCUT2D eigenvalue weighted by Crippen LogP contribution is -2.09. The van der Waals surface area contributed by atoms with E-state index in [-0.39, 0.29) is 0 Å². The van der Waals surface area contributed by atoms with E-state index in [0.29, 0.717) is 13.2 Å². The van der Waals surface area contributed by atoms with E-state index in [2.05, 4.69) is 24.4 Å². The third-order valence-electron chi connectivity index (χ3n) is 2.13. The fourth-order valence-electron chi connectivity index (χ4n) is 1.38. The predicted molar refractivity (Wildman–Crippen MR) is 64.5 cm³/mol. The van der Waals surface area contributed by atoms with Gasteiger partial charge in [0, 0.05) is 6.54 Å². The maximum Gasteiger partial charge on any atom is 0.142 e. The summed E-state index contributed by atoms with van der Waals surface area (Å²) in [4.78, 5) is 0. The molecule has 0 amide bonds. The SMILES string of the molecule is CCOc1cc(C)ccc1NCCCN. The van der Waals surface area contributed by atoms with E-state index in [1.807, 2.05) is 13.0 Å². The summed E-state index contributed by atoms with van der Waals surface area (Å²) < 4.78 is 5.55. The number of hydrogen-bond acceptors (Lipinski definition) is 3. The second-order valence-corrected chi connectivity index (χ2v) is 3.50. The number of nitrogens with one attached hydrogen (secondary N) is 1. The second kappa shape index (κ2) is 6.30. The number of hydrogen-bond donors (Lipinski definition) is 2. The molecular weight excluding hydrogens is 188 g/mol. The lowest BCUT2D eigenvalue weighted by Gasteiger charge is -2.12. The number of ether oxygens (including phenoxy) is 1. The fourth-order valence-corrected chi connectivity index (χ4v) is 1.38. The van der Waals surface area contributed by atoms with E-state index >= 15 is 0 Å². The molecule has 1 aromatic rings. The zero-order valence-electron chi connectivity index (χ0n) is 9.55. The van der Waals surface area contributed by atoms with Gasteiger partial charge in [-0.3, -0.25) is 0 Å². The molecule has 0 radical (unpaired) electrons. The molecule has 0 aromatic heterocycles. The van der Waals surface area contributed by atoms with Crippen LogP contribution >= 0.6 is 0 Å². The van der Waals surface area contributed by atoms with Crippen molar-refractivity contribution in [3.05, 3.63) is 23.8 Å². The van der Waals surface area contributed by atoms with E-state index in [1.54, 1.807) is 0 Å². The summed E-state index contributed by atoms with van der Waals surface area (Å²) in [5.41, 5.74) is 7.70. The molecule has 0 heterocycles. The standard InChI is InChI=1S/C12H20N2O/c1-3-15-12-9-10(2)5-6-11(12)14-8-4-7-13/h5-6,9,14H,3-4,7-8,13H2,1-2H3. The first-order valence-electron chi connectivity index (χ1n) is 5.45. The average molecular weight is 208 g/mol. The highest BCUT2D eigenvalue weighted by atomic mass is 16.5. The van der Waals surface area contributed by atoms with Crippen LogP contribution in [0.1, 0.15) is 18.9 Å². The topological polar surface area (TPSA) is 47.3 Å². The summed E-state index contributed by atoms with van der Waals surface area (Å²) in [5.74, 6) is 0.925. The molecule has 0 aliphatic carbocycles. The van der Waals surface area contributed by atoms with Crippen molar-refractivity contribution in [3.8, 4) is 5.75 Å². The van der Waals surface area contributed by atoms with Crippen LogP contribution in [0.4, 0.5) is 5.69 Å². The van der Waals surface area contributed by atoms with Gasteiger partial charge in [-0.1, -0.05) is 6.07 Å². The van der Waals surface area contributed by atoms with Gasteiger partial charge in [-0.15, -0.1) is 0 Å². The van der Waals surface area contributed by atoms with Crippen LogP contribution in [-0.4, -0.2) is 19.7 Å². The van der Waals surface area contributed by atoms with E-state index in [4.69, 9.17) is 10.5 Å². The van der Waals surface area contributed by atoms with Crippen molar-refractivity contribution >= 4 is 5.69 Å². The molecule has 3 N–H and O–H groups in total. The summed E-state index contributed by atoms with van der Waals surface area (Å²) >= 11 is 0. The van der Waals surface area contributed by atoms with Crippen LogP contribution in [0.2, 0.25) is 0 Å². The largest absolute Gasteiger partial charge is 0.492 e. The van der Waals surface area contributed by atoms with Crippen molar-refractivity contribution in [2.75, 3.05) is 25.0 Å². The lowest BCUT2D eigenvalue weighted by molar-refractivity contribution is 0.341. The van der Waals surface area contributed by atoms with Crippen molar-refractivity contribution in [3.63, 3.8) is 0 Å². The van der Waals surface area contributed by atoms with Gasteiger partial charge in [-0.2, -0.15) is 0 Å². The summed E-state index contributed by atoms with van der Waals surface area (Å²) in [7, 11) is 0. The monoisotopic (exact) mass is 208 g/mol. The molecule has 0 bridgehead atoms. The zero-order chi connectivity index (χ0) is 11.1. The minimum absolute atomic E-state index is 0.690. The maximum absolute atomic E-state index is 5.55. The van der Waals surface area contributed by atoms with Crippen molar-refractivity contribution in [2.24, 2.45) is 5.73 Å². The second-order valence-electron chi connectivity index (χ2n) is 3.50. The number of anilines is 1. The predicted octanol–water partition coefficient (Wildman–Crippen LogP) is 2.15. The molecule has 15 heavy (non-hydrogen) atoms. The zero-order valence-corrected chi connectivity index (χ0v) is 9.55. The number of nitrogens with two attached hydrogens (primary N) is 1. The Morgan fingerprint density at radius 3 is 2.87 bits per heavy atom. The van der Waals surface area contributed by atoms with Gasteiger partial charge in [0.2, 0.25) is 0 Å². The van der Waals surface area contributed by atoms with Crippen molar-refractivity contribution in [2.45, 2.75) is 20.3 Å². The first-order valence-corrected chi connectivity index (χ1v) is 5.45. The Labute approximate surface area is 91.6 Å². The van der Waals surface area contributed by atoms with Crippen molar-refractivity contribution in [1.29, 1.82) is 0 Å². The molecular formula is C12H20N2O. The van der Waals surface area contributed by atoms with Gasteiger partial charge in [-0.25, -0.2) is 0 Å². The Balaban J connectivity index is 2.67. The highest BCUT2D eigenvalue weighted by molar-refractivity contribution is 5.57. The van der Waals surface area contributed by atoms with Gasteiger partial charge >= 0.3 is 0 Å². The molecule has 0 saturated heterocycles. The highest BCUT2D eigenvalue weighted by Gasteiger charge is 2.02. The van der Waals surface area contributed by atoms with Crippen molar-refractivity contribution < 1.29 is 4.74 Å². The minimum atomic E-state index is 0.690. The van der Waals surface area contributed by atoms with E-state index in [0.717, 1.165) is 24.4 Å². The molecule has 0 spiro atoms. The number of benzene rings is 1. The Hall–Kier alpha value is -1.22.